The van der Waals surface area contributed by atoms with Crippen LogP contribution in [0.5, 0.6) is 0 Å². The Morgan fingerprint density at radius 2 is 2.10 bits per heavy atom. The van der Waals surface area contributed by atoms with E-state index < -0.39 is 18.8 Å². The van der Waals surface area contributed by atoms with Gasteiger partial charge in [-0.3, -0.25) is 0 Å². The quantitative estimate of drug-likeness (QED) is 0.735. The van der Waals surface area contributed by atoms with Gasteiger partial charge in [-0.2, -0.15) is 13.2 Å². The minimum Gasteiger partial charge on any atom is -0.384 e. The molecular weight excluding hydrogens is 297 g/mol. The monoisotopic (exact) mass is 306 g/mol. The fourth-order valence-electron chi connectivity index (χ4n) is 1.19. The molecule has 20 heavy (non-hydrogen) atoms. The molecule has 1 rings (SSSR count). The molecule has 0 saturated carbocycles. The average molecular weight is 307 g/mol. The van der Waals surface area contributed by atoms with E-state index in [1.165, 1.54) is 12.1 Å². The molecule has 0 heterocycles. The summed E-state index contributed by atoms with van der Waals surface area (Å²) in [5.74, 6) is 4.98. The molecule has 3 N–H and O–H groups in total. The van der Waals surface area contributed by atoms with E-state index >= 15 is 0 Å². The number of carbonyl (C=O) groups is 1. The SMILES string of the molecule is O=C(NCC(F)(F)F)Nc1cc(C#CCO)ccc1Cl. The van der Waals surface area contributed by atoms with Gasteiger partial charge < -0.3 is 15.7 Å². The smallest absolute Gasteiger partial charge is 0.384 e. The topological polar surface area (TPSA) is 61.4 Å². The number of nitrogens with one attached hydrogen (secondary N) is 2. The first kappa shape index (κ1) is 16.1. The van der Waals surface area contributed by atoms with Crippen LogP contribution in [-0.2, 0) is 0 Å². The third kappa shape index (κ3) is 5.82. The van der Waals surface area contributed by atoms with Crippen molar-refractivity contribution in [1.82, 2.24) is 5.32 Å². The molecule has 0 aliphatic rings. The molecule has 108 valence electrons. The van der Waals surface area contributed by atoms with E-state index in [2.05, 4.69) is 17.2 Å². The number of carbonyl (C=O) groups excluding carboxylic acids is 1. The number of hydrogen-bond donors (Lipinski definition) is 3. The molecule has 0 radical (unpaired) electrons. The second-order valence-electron chi connectivity index (χ2n) is 3.58. The Morgan fingerprint density at radius 1 is 1.40 bits per heavy atom. The number of alkyl halides is 3. The molecule has 0 fully saturated rings. The Bertz CT molecular complexity index is 550. The average Bonchev–Trinajstić information content (AvgIpc) is 2.36. The number of rotatable bonds is 2. The van der Waals surface area contributed by atoms with Crippen molar-refractivity contribution < 1.29 is 23.1 Å². The third-order valence-electron chi connectivity index (χ3n) is 1.98. The number of aliphatic hydroxyl groups excluding tert-OH is 1. The van der Waals surface area contributed by atoms with Crippen molar-refractivity contribution >= 4 is 23.3 Å². The van der Waals surface area contributed by atoms with Crippen molar-refractivity contribution in [3.8, 4) is 11.8 Å². The number of aliphatic hydroxyl groups is 1. The number of urea groups is 1. The summed E-state index contributed by atoms with van der Waals surface area (Å²) in [5.41, 5.74) is 0.575. The largest absolute Gasteiger partial charge is 0.405 e. The van der Waals surface area contributed by atoms with Gasteiger partial charge in [0, 0.05) is 5.56 Å². The summed E-state index contributed by atoms with van der Waals surface area (Å²) < 4.78 is 35.8. The number of benzene rings is 1. The van der Waals surface area contributed by atoms with Gasteiger partial charge in [-0.15, -0.1) is 0 Å². The molecule has 0 bridgehead atoms. The van der Waals surface area contributed by atoms with Crippen molar-refractivity contribution in [2.75, 3.05) is 18.5 Å². The summed E-state index contributed by atoms with van der Waals surface area (Å²) in [7, 11) is 0. The Morgan fingerprint density at radius 3 is 2.70 bits per heavy atom. The predicted molar refractivity (Wildman–Crippen MR) is 68.5 cm³/mol. The second kappa shape index (κ2) is 7.03. The molecule has 8 heteroatoms. The maximum atomic E-state index is 11.9. The first-order valence-electron chi connectivity index (χ1n) is 5.32. The van der Waals surface area contributed by atoms with Gasteiger partial charge in [0.25, 0.3) is 0 Å². The fourth-order valence-corrected chi connectivity index (χ4v) is 1.35. The van der Waals surface area contributed by atoms with Crippen LogP contribution in [0.3, 0.4) is 0 Å². The minimum atomic E-state index is -4.49. The summed E-state index contributed by atoms with van der Waals surface area (Å²) >= 11 is 5.80. The van der Waals surface area contributed by atoms with E-state index in [1.807, 2.05) is 0 Å². The van der Waals surface area contributed by atoms with Gasteiger partial charge in [-0.25, -0.2) is 4.79 Å². The lowest BCUT2D eigenvalue weighted by molar-refractivity contribution is -0.122. The van der Waals surface area contributed by atoms with Crippen molar-refractivity contribution in [1.29, 1.82) is 0 Å². The lowest BCUT2D eigenvalue weighted by Crippen LogP contribution is -2.36. The molecule has 0 unspecified atom stereocenters. The highest BCUT2D eigenvalue weighted by Gasteiger charge is 2.27. The maximum absolute atomic E-state index is 11.9. The van der Waals surface area contributed by atoms with Gasteiger partial charge in [0.2, 0.25) is 0 Å². The van der Waals surface area contributed by atoms with Gasteiger partial charge in [0.1, 0.15) is 13.2 Å². The Balaban J connectivity index is 2.73. The Kier molecular flexibility index (Phi) is 5.67. The summed E-state index contributed by atoms with van der Waals surface area (Å²) in [5, 5.41) is 12.6. The maximum Gasteiger partial charge on any atom is 0.405 e. The predicted octanol–water partition coefficient (Wildman–Crippen LogP) is 2.37. The van der Waals surface area contributed by atoms with E-state index in [9.17, 15) is 18.0 Å². The third-order valence-corrected chi connectivity index (χ3v) is 2.31. The van der Waals surface area contributed by atoms with Crippen LogP contribution in [0.1, 0.15) is 5.56 Å². The molecular formula is C12H10ClF3N2O2. The molecule has 0 aliphatic heterocycles. The first-order chi connectivity index (χ1) is 9.31. The lowest BCUT2D eigenvalue weighted by atomic mass is 10.2. The number of anilines is 1. The van der Waals surface area contributed by atoms with Crippen LogP contribution in [0.25, 0.3) is 0 Å². The molecule has 1 aromatic rings. The van der Waals surface area contributed by atoms with E-state index in [-0.39, 0.29) is 17.3 Å². The van der Waals surface area contributed by atoms with Gasteiger partial charge in [-0.1, -0.05) is 23.4 Å². The molecule has 2 amide bonds. The van der Waals surface area contributed by atoms with E-state index in [0.29, 0.717) is 5.56 Å². The molecule has 0 spiro atoms. The number of hydrogen-bond acceptors (Lipinski definition) is 2. The molecule has 0 aromatic heterocycles. The van der Waals surface area contributed by atoms with E-state index in [1.54, 1.807) is 11.4 Å². The molecule has 4 nitrogen and oxygen atoms in total. The van der Waals surface area contributed by atoms with Crippen LogP contribution >= 0.6 is 11.6 Å². The zero-order chi connectivity index (χ0) is 15.2. The fraction of sp³-hybridized carbons (Fsp3) is 0.250. The molecule has 0 atom stereocenters. The van der Waals surface area contributed by atoms with Crippen LogP contribution in [0, 0.1) is 11.8 Å². The Labute approximate surface area is 117 Å². The molecule has 1 aromatic carbocycles. The van der Waals surface area contributed by atoms with Crippen molar-refractivity contribution in [3.63, 3.8) is 0 Å². The van der Waals surface area contributed by atoms with Crippen molar-refractivity contribution in [2.24, 2.45) is 0 Å². The summed E-state index contributed by atoms with van der Waals surface area (Å²) in [6.07, 6.45) is -4.49. The number of halogens is 4. The summed E-state index contributed by atoms with van der Waals surface area (Å²) in [4.78, 5) is 11.3. The van der Waals surface area contributed by atoms with E-state index in [4.69, 9.17) is 16.7 Å². The highest BCUT2D eigenvalue weighted by atomic mass is 35.5. The lowest BCUT2D eigenvalue weighted by Gasteiger charge is -2.11. The normalized spacial score (nSPS) is 10.4. The van der Waals surface area contributed by atoms with Crippen LogP contribution in [0.15, 0.2) is 18.2 Å². The van der Waals surface area contributed by atoms with Gasteiger partial charge >= 0.3 is 12.2 Å². The highest BCUT2D eigenvalue weighted by molar-refractivity contribution is 6.33. The minimum absolute atomic E-state index is 0.121. The summed E-state index contributed by atoms with van der Waals surface area (Å²) in [6.45, 7) is -1.78. The van der Waals surface area contributed by atoms with Crippen molar-refractivity contribution in [3.05, 3.63) is 28.8 Å². The highest BCUT2D eigenvalue weighted by Crippen LogP contribution is 2.22. The van der Waals surface area contributed by atoms with Crippen LogP contribution < -0.4 is 10.6 Å². The van der Waals surface area contributed by atoms with Crippen LogP contribution in [0.4, 0.5) is 23.7 Å². The zero-order valence-electron chi connectivity index (χ0n) is 10.0. The zero-order valence-corrected chi connectivity index (χ0v) is 10.8. The molecule has 0 saturated heterocycles. The first-order valence-corrected chi connectivity index (χ1v) is 5.70. The summed E-state index contributed by atoms with van der Waals surface area (Å²) in [6, 6.07) is 3.33. The standard InChI is InChI=1S/C12H10ClF3N2O2/c13-9-4-3-8(2-1-5-19)6-10(9)18-11(20)17-7-12(14,15)16/h3-4,6,19H,5,7H2,(H2,17,18,20). The van der Waals surface area contributed by atoms with Gasteiger partial charge in [0.15, 0.2) is 0 Å². The second-order valence-corrected chi connectivity index (χ2v) is 3.98. The van der Waals surface area contributed by atoms with Crippen LogP contribution in [0.2, 0.25) is 5.02 Å². The number of amides is 2. The van der Waals surface area contributed by atoms with Crippen LogP contribution in [-0.4, -0.2) is 30.5 Å². The molecule has 0 aliphatic carbocycles. The van der Waals surface area contributed by atoms with Gasteiger partial charge in [0.05, 0.1) is 10.7 Å². The van der Waals surface area contributed by atoms with Crippen molar-refractivity contribution in [2.45, 2.75) is 6.18 Å². The Hall–Kier alpha value is -1.91. The van der Waals surface area contributed by atoms with E-state index in [0.717, 1.165) is 0 Å². The van der Waals surface area contributed by atoms with Gasteiger partial charge in [-0.05, 0) is 18.2 Å².